The normalized spacial score (nSPS) is 20.4. The van der Waals surface area contributed by atoms with Gasteiger partial charge in [0.05, 0.1) is 6.61 Å². The topological polar surface area (TPSA) is 34.1 Å². The lowest BCUT2D eigenvalue weighted by molar-refractivity contribution is 0.123. The molecule has 2 rings (SSSR count). The quantitative estimate of drug-likeness (QED) is 0.766. The molecule has 1 N–H and O–H groups in total. The number of pyridine rings is 1. The molecule has 1 aliphatic rings. The minimum atomic E-state index is 0.683. The van der Waals surface area contributed by atoms with Crippen LogP contribution in [-0.4, -0.2) is 30.8 Å². The van der Waals surface area contributed by atoms with Gasteiger partial charge >= 0.3 is 0 Å². The van der Waals surface area contributed by atoms with Crippen LogP contribution in [0.2, 0.25) is 0 Å². The lowest BCUT2D eigenvalue weighted by Crippen LogP contribution is -2.34. The second kappa shape index (κ2) is 7.41. The smallest absolute Gasteiger partial charge is 0.0507 e. The zero-order valence-corrected chi connectivity index (χ0v) is 10.4. The number of rotatable bonds is 6. The van der Waals surface area contributed by atoms with E-state index in [2.05, 4.69) is 16.4 Å². The fourth-order valence-corrected chi connectivity index (χ4v) is 2.23. The van der Waals surface area contributed by atoms with Gasteiger partial charge in [-0.1, -0.05) is 12.5 Å². The van der Waals surface area contributed by atoms with Gasteiger partial charge in [-0.2, -0.15) is 0 Å². The predicted molar refractivity (Wildman–Crippen MR) is 69.0 cm³/mol. The first-order valence-corrected chi connectivity index (χ1v) is 6.65. The number of hydrogen-bond acceptors (Lipinski definition) is 3. The van der Waals surface area contributed by atoms with Crippen molar-refractivity contribution in [1.82, 2.24) is 10.3 Å². The van der Waals surface area contributed by atoms with Gasteiger partial charge in [0.1, 0.15) is 0 Å². The van der Waals surface area contributed by atoms with Gasteiger partial charge in [-0.05, 0) is 43.9 Å². The maximum absolute atomic E-state index is 5.67. The molecule has 0 saturated carbocycles. The number of ether oxygens (including phenoxy) is 1. The first-order valence-electron chi connectivity index (χ1n) is 6.65. The summed E-state index contributed by atoms with van der Waals surface area (Å²) in [7, 11) is 0. The zero-order chi connectivity index (χ0) is 11.8. The Morgan fingerprint density at radius 2 is 2.35 bits per heavy atom. The number of aromatic nitrogens is 1. The molecule has 0 aliphatic carbocycles. The number of nitrogens with zero attached hydrogens (tertiary/aromatic N) is 1. The van der Waals surface area contributed by atoms with Crippen molar-refractivity contribution < 1.29 is 4.74 Å². The third-order valence-corrected chi connectivity index (χ3v) is 3.28. The van der Waals surface area contributed by atoms with Crippen molar-refractivity contribution in [3.05, 3.63) is 30.1 Å². The van der Waals surface area contributed by atoms with Crippen LogP contribution in [0, 0.1) is 0 Å². The molecule has 0 aromatic carbocycles. The molecule has 1 atom stereocenters. The van der Waals surface area contributed by atoms with Crippen LogP contribution < -0.4 is 5.32 Å². The van der Waals surface area contributed by atoms with Crippen LogP contribution in [0.5, 0.6) is 0 Å². The molecule has 1 aliphatic heterocycles. The molecule has 0 radical (unpaired) electrons. The maximum Gasteiger partial charge on any atom is 0.0507 e. The van der Waals surface area contributed by atoms with Crippen LogP contribution in [0.3, 0.4) is 0 Å². The molecular weight excluding hydrogens is 212 g/mol. The molecule has 0 amide bonds. The van der Waals surface area contributed by atoms with Crippen molar-refractivity contribution in [3.8, 4) is 0 Å². The molecule has 0 bridgehead atoms. The Kier molecular flexibility index (Phi) is 5.46. The van der Waals surface area contributed by atoms with Gasteiger partial charge in [-0.15, -0.1) is 0 Å². The first-order chi connectivity index (χ1) is 8.45. The van der Waals surface area contributed by atoms with Crippen molar-refractivity contribution in [2.45, 2.75) is 38.1 Å². The highest BCUT2D eigenvalue weighted by Crippen LogP contribution is 2.09. The van der Waals surface area contributed by atoms with E-state index in [1.54, 1.807) is 6.20 Å². The minimum absolute atomic E-state index is 0.683. The summed E-state index contributed by atoms with van der Waals surface area (Å²) in [5.74, 6) is 0. The summed E-state index contributed by atoms with van der Waals surface area (Å²) in [5.41, 5.74) is 1.25. The van der Waals surface area contributed by atoms with E-state index in [0.717, 1.165) is 26.1 Å². The van der Waals surface area contributed by atoms with Gasteiger partial charge in [0, 0.05) is 25.0 Å². The van der Waals surface area contributed by atoms with Crippen molar-refractivity contribution in [2.24, 2.45) is 0 Å². The zero-order valence-electron chi connectivity index (χ0n) is 10.4. The largest absolute Gasteiger partial charge is 0.381 e. The molecule has 2 heterocycles. The molecule has 17 heavy (non-hydrogen) atoms. The predicted octanol–water partition coefficient (Wildman–Crippen LogP) is 2.17. The maximum atomic E-state index is 5.67. The Bertz CT molecular complexity index is 296. The van der Waals surface area contributed by atoms with Crippen molar-refractivity contribution in [1.29, 1.82) is 0 Å². The molecule has 3 nitrogen and oxygen atoms in total. The Hall–Kier alpha value is -0.930. The molecule has 94 valence electrons. The average Bonchev–Trinajstić information content (AvgIpc) is 2.41. The van der Waals surface area contributed by atoms with Crippen molar-refractivity contribution in [2.75, 3.05) is 19.8 Å². The molecule has 1 saturated heterocycles. The molecular formula is C14H22N2O. The van der Waals surface area contributed by atoms with Crippen molar-refractivity contribution in [3.63, 3.8) is 0 Å². The van der Waals surface area contributed by atoms with Gasteiger partial charge < -0.3 is 10.1 Å². The highest BCUT2D eigenvalue weighted by atomic mass is 16.5. The molecule has 1 fully saturated rings. The van der Waals surface area contributed by atoms with Gasteiger partial charge in [-0.3, -0.25) is 4.98 Å². The van der Waals surface area contributed by atoms with Crippen LogP contribution in [0.25, 0.3) is 0 Å². The molecule has 1 unspecified atom stereocenters. The van der Waals surface area contributed by atoms with Crippen LogP contribution in [-0.2, 0) is 11.2 Å². The van der Waals surface area contributed by atoms with Gasteiger partial charge in [-0.25, -0.2) is 0 Å². The van der Waals surface area contributed by atoms with E-state index < -0.39 is 0 Å². The monoisotopic (exact) mass is 234 g/mol. The van der Waals surface area contributed by atoms with Crippen LogP contribution in [0.4, 0.5) is 0 Å². The second-order valence-electron chi connectivity index (χ2n) is 4.66. The number of hydrogen-bond donors (Lipinski definition) is 1. The highest BCUT2D eigenvalue weighted by molar-refractivity contribution is 5.08. The standard InChI is InChI=1S/C14H22N2O/c1-2-9-16-14(5-1)7-11-17-10-6-13-4-3-8-15-12-13/h3-4,8,12,14,16H,1-2,5-7,9-11H2. The van der Waals surface area contributed by atoms with E-state index in [-0.39, 0.29) is 0 Å². The summed E-state index contributed by atoms with van der Waals surface area (Å²) in [6.45, 7) is 2.86. The summed E-state index contributed by atoms with van der Waals surface area (Å²) in [4.78, 5) is 4.09. The molecule has 1 aromatic rings. The average molecular weight is 234 g/mol. The van der Waals surface area contributed by atoms with E-state index >= 15 is 0 Å². The SMILES string of the molecule is c1cncc(CCOCCC2CCCCN2)c1. The van der Waals surface area contributed by atoms with E-state index in [1.807, 2.05) is 12.3 Å². The fraction of sp³-hybridized carbons (Fsp3) is 0.643. The lowest BCUT2D eigenvalue weighted by atomic mass is 10.0. The second-order valence-corrected chi connectivity index (χ2v) is 4.66. The Labute approximate surface area is 104 Å². The van der Waals surface area contributed by atoms with Crippen molar-refractivity contribution >= 4 is 0 Å². The summed E-state index contributed by atoms with van der Waals surface area (Å²) < 4.78 is 5.67. The van der Waals surface area contributed by atoms with Crippen LogP contribution in [0.15, 0.2) is 24.5 Å². The van der Waals surface area contributed by atoms with E-state index in [1.165, 1.54) is 31.4 Å². The first kappa shape index (κ1) is 12.5. The van der Waals surface area contributed by atoms with Crippen LogP contribution >= 0.6 is 0 Å². The Morgan fingerprint density at radius 3 is 3.12 bits per heavy atom. The molecule has 3 heteroatoms. The van der Waals surface area contributed by atoms with Gasteiger partial charge in [0.2, 0.25) is 0 Å². The number of piperidine rings is 1. The molecule has 0 spiro atoms. The summed E-state index contributed by atoms with van der Waals surface area (Å²) in [5, 5.41) is 3.54. The Morgan fingerprint density at radius 1 is 1.35 bits per heavy atom. The summed E-state index contributed by atoms with van der Waals surface area (Å²) >= 11 is 0. The Balaban J connectivity index is 1.51. The number of nitrogens with one attached hydrogen (secondary N) is 1. The van der Waals surface area contributed by atoms with Gasteiger partial charge in [0.25, 0.3) is 0 Å². The third-order valence-electron chi connectivity index (χ3n) is 3.28. The highest BCUT2D eigenvalue weighted by Gasteiger charge is 2.11. The van der Waals surface area contributed by atoms with Crippen LogP contribution in [0.1, 0.15) is 31.2 Å². The van der Waals surface area contributed by atoms with E-state index in [0.29, 0.717) is 6.04 Å². The van der Waals surface area contributed by atoms with E-state index in [9.17, 15) is 0 Å². The van der Waals surface area contributed by atoms with Gasteiger partial charge in [0.15, 0.2) is 0 Å². The lowest BCUT2D eigenvalue weighted by Gasteiger charge is -2.23. The summed E-state index contributed by atoms with van der Waals surface area (Å²) in [6, 6.07) is 4.75. The minimum Gasteiger partial charge on any atom is -0.381 e. The molecule has 1 aromatic heterocycles. The summed E-state index contributed by atoms with van der Waals surface area (Å²) in [6.07, 6.45) is 9.84. The third kappa shape index (κ3) is 4.84. The van der Waals surface area contributed by atoms with E-state index in [4.69, 9.17) is 4.74 Å². The fourth-order valence-electron chi connectivity index (χ4n) is 2.23.